The van der Waals surface area contributed by atoms with E-state index in [9.17, 15) is 22.8 Å². The van der Waals surface area contributed by atoms with Crippen LogP contribution in [0, 0.1) is 6.92 Å². The van der Waals surface area contributed by atoms with Crippen LogP contribution in [0.15, 0.2) is 89.7 Å². The Hall–Kier alpha value is -4.20. The molecule has 0 saturated carbocycles. The lowest BCUT2D eigenvalue weighted by Crippen LogP contribution is -2.28. The molecule has 0 saturated heterocycles. The molecule has 0 aliphatic rings. The molecule has 4 rings (SSSR count). The highest BCUT2D eigenvalue weighted by Crippen LogP contribution is 2.33. The third kappa shape index (κ3) is 4.91. The molecule has 1 aromatic heterocycles. The van der Waals surface area contributed by atoms with E-state index in [1.807, 2.05) is 42.5 Å². The number of anilines is 1. The number of nitrogens with one attached hydrogen (secondary N) is 1. The first-order chi connectivity index (χ1) is 16.2. The molecule has 0 unspecified atom stereocenters. The number of rotatable bonds is 5. The van der Waals surface area contributed by atoms with Crippen LogP contribution in [0.25, 0.3) is 5.69 Å². The molecule has 0 bridgehead atoms. The zero-order valence-electron chi connectivity index (χ0n) is 18.1. The van der Waals surface area contributed by atoms with Crippen molar-refractivity contribution in [2.45, 2.75) is 19.5 Å². The fourth-order valence-electron chi connectivity index (χ4n) is 3.64. The number of alkyl halides is 3. The molecule has 5 nitrogen and oxygen atoms in total. The minimum Gasteiger partial charge on any atom is -0.320 e. The third-order valence-electron chi connectivity index (χ3n) is 5.26. The van der Waals surface area contributed by atoms with Crippen molar-refractivity contribution >= 4 is 11.6 Å². The van der Waals surface area contributed by atoms with Crippen molar-refractivity contribution in [2.75, 3.05) is 5.32 Å². The van der Waals surface area contributed by atoms with Crippen LogP contribution in [0.4, 0.5) is 18.9 Å². The molecule has 8 heteroatoms. The Morgan fingerprint density at radius 3 is 2.32 bits per heavy atom. The maximum absolute atomic E-state index is 13.5. The predicted molar refractivity (Wildman–Crippen MR) is 123 cm³/mol. The van der Waals surface area contributed by atoms with E-state index in [0.29, 0.717) is 12.1 Å². The lowest BCUT2D eigenvalue weighted by Gasteiger charge is -2.17. The van der Waals surface area contributed by atoms with Crippen molar-refractivity contribution in [2.24, 2.45) is 0 Å². The van der Waals surface area contributed by atoms with Gasteiger partial charge < -0.3 is 5.32 Å². The largest absolute Gasteiger partial charge is 0.418 e. The number of aromatic nitrogens is 2. The Morgan fingerprint density at radius 2 is 1.59 bits per heavy atom. The maximum Gasteiger partial charge on any atom is 0.418 e. The van der Waals surface area contributed by atoms with Gasteiger partial charge in [0, 0.05) is 17.4 Å². The number of benzene rings is 3. The monoisotopic (exact) mass is 463 g/mol. The lowest BCUT2D eigenvalue weighted by molar-refractivity contribution is -0.137. The van der Waals surface area contributed by atoms with Crippen molar-refractivity contribution in [3.63, 3.8) is 0 Å². The number of nitrogens with zero attached hydrogens (tertiary/aromatic N) is 2. The smallest absolute Gasteiger partial charge is 0.320 e. The molecule has 0 radical (unpaired) electrons. The van der Waals surface area contributed by atoms with Crippen molar-refractivity contribution in [3.05, 3.63) is 123 Å². The summed E-state index contributed by atoms with van der Waals surface area (Å²) in [5.74, 6) is -0.802. The van der Waals surface area contributed by atoms with Crippen LogP contribution >= 0.6 is 0 Å². The van der Waals surface area contributed by atoms with E-state index in [2.05, 4.69) is 10.4 Å². The van der Waals surface area contributed by atoms with Gasteiger partial charge in [-0.2, -0.15) is 18.3 Å². The van der Waals surface area contributed by atoms with E-state index in [-0.39, 0.29) is 11.4 Å². The first-order valence-corrected chi connectivity index (χ1v) is 10.4. The van der Waals surface area contributed by atoms with E-state index >= 15 is 0 Å². The maximum atomic E-state index is 13.5. The highest BCUT2D eigenvalue weighted by Gasteiger charge is 2.34. The second-order valence-electron chi connectivity index (χ2n) is 7.70. The number of amides is 1. The molecule has 4 aromatic rings. The van der Waals surface area contributed by atoms with Gasteiger partial charge in [-0.05, 0) is 42.7 Å². The van der Waals surface area contributed by atoms with E-state index < -0.39 is 28.8 Å². The van der Waals surface area contributed by atoms with Gasteiger partial charge in [0.25, 0.3) is 5.91 Å². The summed E-state index contributed by atoms with van der Waals surface area (Å²) in [5, 5.41) is 6.71. The fraction of sp³-hybridized carbons (Fsp3) is 0.115. The van der Waals surface area contributed by atoms with Gasteiger partial charge in [-0.1, -0.05) is 60.7 Å². The summed E-state index contributed by atoms with van der Waals surface area (Å²) in [6, 6.07) is 22.7. The molecule has 0 atom stereocenters. The van der Waals surface area contributed by atoms with E-state index in [4.69, 9.17) is 0 Å². The highest BCUT2D eigenvalue weighted by molar-refractivity contribution is 6.03. The van der Waals surface area contributed by atoms with Crippen molar-refractivity contribution in [3.8, 4) is 5.69 Å². The fourth-order valence-corrected chi connectivity index (χ4v) is 3.64. The number of hydrogen-bond acceptors (Lipinski definition) is 3. The lowest BCUT2D eigenvalue weighted by atomic mass is 10.0. The zero-order valence-corrected chi connectivity index (χ0v) is 18.1. The second kappa shape index (κ2) is 9.35. The van der Waals surface area contributed by atoms with Crippen LogP contribution in [0.5, 0.6) is 0 Å². The molecule has 0 aliphatic carbocycles. The quantitative estimate of drug-likeness (QED) is 0.431. The summed E-state index contributed by atoms with van der Waals surface area (Å²) >= 11 is 0. The number of carbonyl (C=O) groups is 1. The van der Waals surface area contributed by atoms with Gasteiger partial charge in [-0.3, -0.25) is 9.59 Å². The average molecular weight is 463 g/mol. The SMILES string of the molecule is Cc1cc(=O)c(C(=O)Nc2ccccc2Cc2ccccc2)nn1-c1ccccc1C(F)(F)F. The van der Waals surface area contributed by atoms with Crippen LogP contribution in [0.1, 0.15) is 32.9 Å². The van der Waals surface area contributed by atoms with E-state index in [1.165, 1.54) is 25.1 Å². The summed E-state index contributed by atoms with van der Waals surface area (Å²) in [7, 11) is 0. The zero-order chi connectivity index (χ0) is 24.3. The van der Waals surface area contributed by atoms with Gasteiger partial charge in [-0.15, -0.1) is 0 Å². The number of hydrogen-bond donors (Lipinski definition) is 1. The standard InChI is InChI=1S/C26H20F3N3O2/c1-17-15-23(33)24(31-32(17)22-14-8-6-12-20(22)26(27,28)29)25(34)30-21-13-7-5-11-19(21)16-18-9-3-2-4-10-18/h2-15H,16H2,1H3,(H,30,34). The highest BCUT2D eigenvalue weighted by atomic mass is 19.4. The van der Waals surface area contributed by atoms with Crippen LogP contribution in [-0.2, 0) is 12.6 Å². The summed E-state index contributed by atoms with van der Waals surface area (Å²) in [5.41, 5.74) is 0.122. The molecule has 172 valence electrons. The number of carbonyl (C=O) groups excluding carboxylic acids is 1. The first-order valence-electron chi connectivity index (χ1n) is 10.4. The molecule has 3 aromatic carbocycles. The van der Waals surface area contributed by atoms with Crippen molar-refractivity contribution in [1.82, 2.24) is 9.78 Å². The molecular weight excluding hydrogens is 443 g/mol. The van der Waals surface area contributed by atoms with Crippen LogP contribution in [0.2, 0.25) is 0 Å². The van der Waals surface area contributed by atoms with Gasteiger partial charge in [0.05, 0.1) is 11.3 Å². The molecule has 0 spiro atoms. The molecular formula is C26H20F3N3O2. The first kappa shape index (κ1) is 23.0. The topological polar surface area (TPSA) is 64.0 Å². The molecule has 34 heavy (non-hydrogen) atoms. The van der Waals surface area contributed by atoms with Gasteiger partial charge in [0.15, 0.2) is 5.69 Å². The normalized spacial score (nSPS) is 11.3. The Balaban J connectivity index is 1.70. The summed E-state index contributed by atoms with van der Waals surface area (Å²) in [6.07, 6.45) is -4.09. The second-order valence-corrected chi connectivity index (χ2v) is 7.70. The molecule has 1 heterocycles. The summed E-state index contributed by atoms with van der Waals surface area (Å²) < 4.78 is 41.6. The predicted octanol–water partition coefficient (Wildman–Crippen LogP) is 5.40. The average Bonchev–Trinajstić information content (AvgIpc) is 2.80. The van der Waals surface area contributed by atoms with Crippen LogP contribution in [-0.4, -0.2) is 15.7 Å². The Labute approximate surface area is 193 Å². The van der Waals surface area contributed by atoms with Crippen molar-refractivity contribution < 1.29 is 18.0 Å². The molecule has 1 amide bonds. The Morgan fingerprint density at radius 1 is 0.941 bits per heavy atom. The van der Waals surface area contributed by atoms with Crippen LogP contribution < -0.4 is 10.7 Å². The van der Waals surface area contributed by atoms with Gasteiger partial charge in [0.1, 0.15) is 0 Å². The van der Waals surface area contributed by atoms with Crippen LogP contribution in [0.3, 0.4) is 0 Å². The number of para-hydroxylation sites is 2. The minimum absolute atomic E-state index is 0.169. The van der Waals surface area contributed by atoms with E-state index in [1.54, 1.807) is 12.1 Å². The number of halogens is 3. The Kier molecular flexibility index (Phi) is 6.32. The van der Waals surface area contributed by atoms with Gasteiger partial charge >= 0.3 is 6.18 Å². The number of aryl methyl sites for hydroxylation is 1. The van der Waals surface area contributed by atoms with Gasteiger partial charge in [0.2, 0.25) is 5.43 Å². The summed E-state index contributed by atoms with van der Waals surface area (Å²) in [6.45, 7) is 1.46. The minimum atomic E-state index is -4.63. The van der Waals surface area contributed by atoms with E-state index in [0.717, 1.165) is 27.9 Å². The molecule has 0 aliphatic heterocycles. The molecule has 1 N–H and O–H groups in total. The molecule has 0 fully saturated rings. The van der Waals surface area contributed by atoms with Gasteiger partial charge in [-0.25, -0.2) is 4.68 Å². The summed E-state index contributed by atoms with van der Waals surface area (Å²) in [4.78, 5) is 25.6. The Bertz CT molecular complexity index is 1400. The third-order valence-corrected chi connectivity index (χ3v) is 5.26. The van der Waals surface area contributed by atoms with Crippen molar-refractivity contribution in [1.29, 1.82) is 0 Å².